The molecular weight excluding hydrogens is 352 g/mol. The second-order valence-corrected chi connectivity index (χ2v) is 8.09. The highest BCUT2D eigenvalue weighted by Gasteiger charge is 2.27. The molecule has 1 aliphatic heterocycles. The van der Waals surface area contributed by atoms with Crippen molar-refractivity contribution in [3.05, 3.63) is 64.5 Å². The Morgan fingerprint density at radius 3 is 2.68 bits per heavy atom. The van der Waals surface area contributed by atoms with Crippen molar-refractivity contribution in [2.75, 3.05) is 13.1 Å². The maximum absolute atomic E-state index is 12.8. The van der Waals surface area contributed by atoms with Crippen molar-refractivity contribution in [3.8, 4) is 0 Å². The molecule has 1 saturated heterocycles. The number of rotatable bonds is 4. The van der Waals surface area contributed by atoms with Crippen LogP contribution in [0, 0.1) is 5.92 Å². The van der Waals surface area contributed by atoms with Gasteiger partial charge in [0.2, 0.25) is 0 Å². The number of nitrogens with one attached hydrogen (secondary N) is 1. The molecule has 2 aromatic heterocycles. The van der Waals surface area contributed by atoms with Gasteiger partial charge in [0, 0.05) is 48.9 Å². The second kappa shape index (κ2) is 6.93. The summed E-state index contributed by atoms with van der Waals surface area (Å²) in [6.45, 7) is 2.15. The normalized spacial score (nSPS) is 17.9. The van der Waals surface area contributed by atoms with E-state index in [0.717, 1.165) is 60.9 Å². The van der Waals surface area contributed by atoms with Crippen LogP contribution in [0.3, 0.4) is 0 Å². The molecule has 0 unspecified atom stereocenters. The summed E-state index contributed by atoms with van der Waals surface area (Å²) in [7, 11) is 0. The van der Waals surface area contributed by atoms with Gasteiger partial charge in [-0.1, -0.05) is 6.07 Å². The SMILES string of the molecule is O=C(c1ccc2cc[nH]c2c1)N1CCC(Cn2cnc(C3CC3)cc2=O)CC1. The molecule has 2 fully saturated rings. The number of hydrogen-bond donors (Lipinski definition) is 1. The van der Waals surface area contributed by atoms with E-state index in [1.807, 2.05) is 35.4 Å². The van der Waals surface area contributed by atoms with Gasteiger partial charge in [-0.2, -0.15) is 0 Å². The van der Waals surface area contributed by atoms with Gasteiger partial charge in [-0.15, -0.1) is 0 Å². The van der Waals surface area contributed by atoms with Crippen LogP contribution in [0.1, 0.15) is 47.7 Å². The molecule has 5 rings (SSSR count). The number of hydrogen-bond acceptors (Lipinski definition) is 3. The van der Waals surface area contributed by atoms with Crippen LogP contribution in [0.25, 0.3) is 10.9 Å². The molecule has 0 atom stereocenters. The summed E-state index contributed by atoms with van der Waals surface area (Å²) in [5.74, 6) is 0.991. The third kappa shape index (κ3) is 3.35. The van der Waals surface area contributed by atoms with Crippen LogP contribution in [0.2, 0.25) is 0 Å². The van der Waals surface area contributed by atoms with E-state index in [2.05, 4.69) is 9.97 Å². The molecule has 0 radical (unpaired) electrons. The molecule has 3 heterocycles. The fraction of sp³-hybridized carbons (Fsp3) is 0.409. The molecule has 1 N–H and O–H groups in total. The third-order valence-corrected chi connectivity index (χ3v) is 6.05. The van der Waals surface area contributed by atoms with E-state index in [9.17, 15) is 9.59 Å². The number of carbonyl (C=O) groups excluding carboxylic acids is 1. The van der Waals surface area contributed by atoms with Crippen molar-refractivity contribution >= 4 is 16.8 Å². The van der Waals surface area contributed by atoms with Gasteiger partial charge < -0.3 is 9.88 Å². The first-order chi connectivity index (χ1) is 13.7. The van der Waals surface area contributed by atoms with E-state index in [0.29, 0.717) is 18.4 Å². The average Bonchev–Trinajstić information content (AvgIpc) is 3.46. The van der Waals surface area contributed by atoms with Crippen molar-refractivity contribution in [1.82, 2.24) is 19.4 Å². The number of aromatic amines is 1. The zero-order chi connectivity index (χ0) is 19.1. The molecule has 1 aliphatic carbocycles. The molecule has 6 nitrogen and oxygen atoms in total. The van der Waals surface area contributed by atoms with E-state index in [1.54, 1.807) is 17.0 Å². The van der Waals surface area contributed by atoms with Gasteiger partial charge in [0.1, 0.15) is 0 Å². The number of H-pyrrole nitrogens is 1. The Hall–Kier alpha value is -2.89. The van der Waals surface area contributed by atoms with E-state index in [-0.39, 0.29) is 11.5 Å². The summed E-state index contributed by atoms with van der Waals surface area (Å²) in [4.78, 5) is 34.7. The number of carbonyl (C=O) groups is 1. The smallest absolute Gasteiger partial charge is 0.253 e. The molecule has 1 amide bonds. The van der Waals surface area contributed by atoms with Gasteiger partial charge >= 0.3 is 0 Å². The fourth-order valence-corrected chi connectivity index (χ4v) is 4.14. The first-order valence-corrected chi connectivity index (χ1v) is 10.1. The van der Waals surface area contributed by atoms with Crippen LogP contribution < -0.4 is 5.56 Å². The van der Waals surface area contributed by atoms with Gasteiger partial charge in [-0.25, -0.2) is 4.98 Å². The standard InChI is InChI=1S/C22H24N4O2/c27-21-12-20(16-1-2-16)24-14-26(21)13-15-6-9-25(10-7-15)22(28)18-4-3-17-5-8-23-19(17)11-18/h3-5,8,11-12,14-16,23H,1-2,6-7,9-10,13H2. The summed E-state index contributed by atoms with van der Waals surface area (Å²) in [5, 5.41) is 1.11. The Labute approximate surface area is 163 Å². The van der Waals surface area contributed by atoms with Crippen molar-refractivity contribution < 1.29 is 4.79 Å². The lowest BCUT2D eigenvalue weighted by molar-refractivity contribution is 0.0682. The van der Waals surface area contributed by atoms with Crippen molar-refractivity contribution in [2.24, 2.45) is 5.92 Å². The maximum Gasteiger partial charge on any atom is 0.253 e. The minimum absolute atomic E-state index is 0.0506. The van der Waals surface area contributed by atoms with Gasteiger partial charge in [0.25, 0.3) is 11.5 Å². The van der Waals surface area contributed by atoms with Gasteiger partial charge in [-0.3, -0.25) is 14.2 Å². The van der Waals surface area contributed by atoms with Gasteiger partial charge in [0.05, 0.1) is 12.0 Å². The first kappa shape index (κ1) is 17.2. The topological polar surface area (TPSA) is 71.0 Å². The molecular formula is C22H24N4O2. The highest BCUT2D eigenvalue weighted by atomic mass is 16.2. The fourth-order valence-electron chi connectivity index (χ4n) is 4.14. The predicted molar refractivity (Wildman–Crippen MR) is 107 cm³/mol. The monoisotopic (exact) mass is 376 g/mol. The summed E-state index contributed by atoms with van der Waals surface area (Å²) >= 11 is 0. The largest absolute Gasteiger partial charge is 0.361 e. The molecule has 0 bridgehead atoms. The van der Waals surface area contributed by atoms with E-state index < -0.39 is 0 Å². The van der Waals surface area contributed by atoms with Gasteiger partial charge in [0.15, 0.2) is 0 Å². The average molecular weight is 376 g/mol. The van der Waals surface area contributed by atoms with Crippen LogP contribution in [-0.2, 0) is 6.54 Å². The van der Waals surface area contributed by atoms with Crippen LogP contribution in [0.5, 0.6) is 0 Å². The van der Waals surface area contributed by atoms with E-state index in [4.69, 9.17) is 0 Å². The van der Waals surface area contributed by atoms with Gasteiger partial charge in [-0.05, 0) is 55.2 Å². The number of likely N-dealkylation sites (tertiary alicyclic amines) is 1. The number of nitrogens with zero attached hydrogens (tertiary/aromatic N) is 3. The molecule has 3 aromatic rings. The van der Waals surface area contributed by atoms with Crippen LogP contribution >= 0.6 is 0 Å². The zero-order valence-corrected chi connectivity index (χ0v) is 15.8. The summed E-state index contributed by atoms with van der Waals surface area (Å²) in [6, 6.07) is 9.51. The number of fused-ring (bicyclic) bond motifs is 1. The molecule has 2 aliphatic rings. The lowest BCUT2D eigenvalue weighted by Crippen LogP contribution is -2.40. The number of benzene rings is 1. The third-order valence-electron chi connectivity index (χ3n) is 6.05. The van der Waals surface area contributed by atoms with Crippen molar-refractivity contribution in [2.45, 2.75) is 38.1 Å². The van der Waals surface area contributed by atoms with Crippen molar-refractivity contribution in [3.63, 3.8) is 0 Å². The summed E-state index contributed by atoms with van der Waals surface area (Å²) in [6.07, 6.45) is 7.72. The van der Waals surface area contributed by atoms with Crippen molar-refractivity contribution in [1.29, 1.82) is 0 Å². The molecule has 0 spiro atoms. The Balaban J connectivity index is 1.21. The zero-order valence-electron chi connectivity index (χ0n) is 15.8. The van der Waals surface area contributed by atoms with Crippen LogP contribution in [0.4, 0.5) is 0 Å². The Bertz CT molecular complexity index is 1070. The summed E-state index contributed by atoms with van der Waals surface area (Å²) < 4.78 is 1.73. The second-order valence-electron chi connectivity index (χ2n) is 8.09. The molecule has 1 aromatic carbocycles. The van der Waals surface area contributed by atoms with E-state index >= 15 is 0 Å². The minimum Gasteiger partial charge on any atom is -0.361 e. The highest BCUT2D eigenvalue weighted by molar-refractivity contribution is 5.97. The number of piperidine rings is 1. The maximum atomic E-state index is 12.8. The number of aromatic nitrogens is 3. The molecule has 1 saturated carbocycles. The first-order valence-electron chi connectivity index (χ1n) is 10.1. The quantitative estimate of drug-likeness (QED) is 0.760. The van der Waals surface area contributed by atoms with Crippen LogP contribution in [-0.4, -0.2) is 38.4 Å². The Kier molecular flexibility index (Phi) is 4.26. The lowest BCUT2D eigenvalue weighted by atomic mass is 9.96. The lowest BCUT2D eigenvalue weighted by Gasteiger charge is -2.32. The van der Waals surface area contributed by atoms with Crippen LogP contribution in [0.15, 0.2) is 47.7 Å². The Morgan fingerprint density at radius 2 is 1.93 bits per heavy atom. The predicted octanol–water partition coefficient (Wildman–Crippen LogP) is 3.15. The number of amides is 1. The molecule has 144 valence electrons. The molecule has 6 heteroatoms. The highest BCUT2D eigenvalue weighted by Crippen LogP contribution is 2.38. The molecule has 28 heavy (non-hydrogen) atoms. The Morgan fingerprint density at radius 1 is 1.11 bits per heavy atom. The van der Waals surface area contributed by atoms with E-state index in [1.165, 1.54) is 0 Å². The summed E-state index contributed by atoms with van der Waals surface area (Å²) in [5.41, 5.74) is 2.71. The minimum atomic E-state index is 0.0506.